The van der Waals surface area contributed by atoms with E-state index in [1.54, 1.807) is 24.0 Å². The molecule has 2 amide bonds. The van der Waals surface area contributed by atoms with Gasteiger partial charge in [0.1, 0.15) is 22.7 Å². The van der Waals surface area contributed by atoms with Crippen molar-refractivity contribution >= 4 is 12.2 Å². The Bertz CT molecular complexity index is 925. The van der Waals surface area contributed by atoms with Crippen LogP contribution in [0.5, 0.6) is 0 Å². The molecule has 2 aliphatic heterocycles. The van der Waals surface area contributed by atoms with Crippen molar-refractivity contribution in [3.8, 4) is 0 Å². The van der Waals surface area contributed by atoms with Crippen molar-refractivity contribution in [2.75, 3.05) is 40.6 Å². The summed E-state index contributed by atoms with van der Waals surface area (Å²) in [7, 11) is 3.30. The summed E-state index contributed by atoms with van der Waals surface area (Å²) in [6.07, 6.45) is 11.2. The molecule has 256 valence electrons. The molecule has 0 aromatic carbocycles. The first-order valence-corrected chi connectivity index (χ1v) is 16.3. The zero-order chi connectivity index (χ0) is 33.3. The number of amides is 2. The Kier molecular flexibility index (Phi) is 14.0. The summed E-state index contributed by atoms with van der Waals surface area (Å²) in [4.78, 5) is 28.2. The average Bonchev–Trinajstić information content (AvgIpc) is 3.80. The molecule has 2 heterocycles. The number of carbonyl (C=O) groups excluding carboxylic acids is 2. The lowest BCUT2D eigenvalue weighted by Crippen LogP contribution is -2.49. The molecule has 2 atom stereocenters. The van der Waals surface area contributed by atoms with E-state index in [1.807, 2.05) is 69.2 Å². The highest BCUT2D eigenvalue weighted by Gasteiger charge is 2.46. The van der Waals surface area contributed by atoms with Crippen LogP contribution in [-0.2, 0) is 28.4 Å². The van der Waals surface area contributed by atoms with Crippen molar-refractivity contribution in [3.05, 3.63) is 12.2 Å². The average molecular weight is 627 g/mol. The minimum absolute atomic E-state index is 0.0227. The molecule has 0 unspecified atom stereocenters. The monoisotopic (exact) mass is 626 g/mol. The van der Waals surface area contributed by atoms with Crippen molar-refractivity contribution in [2.45, 2.75) is 142 Å². The summed E-state index contributed by atoms with van der Waals surface area (Å²) in [6, 6.07) is 0.135. The fraction of sp³-hybridized carbons (Fsp3) is 0.882. The van der Waals surface area contributed by atoms with E-state index < -0.39 is 22.7 Å². The highest BCUT2D eigenvalue weighted by Crippen LogP contribution is 2.38. The third kappa shape index (κ3) is 13.6. The molecule has 4 fully saturated rings. The zero-order valence-electron chi connectivity index (χ0n) is 29.7. The summed E-state index contributed by atoms with van der Waals surface area (Å²) in [5.74, 6) is 1.58. The molecule has 2 aliphatic carbocycles. The summed E-state index contributed by atoms with van der Waals surface area (Å²) in [5.41, 5.74) is -2.12. The Labute approximate surface area is 267 Å². The van der Waals surface area contributed by atoms with Gasteiger partial charge in [-0.3, -0.25) is 9.80 Å². The van der Waals surface area contributed by atoms with Gasteiger partial charge in [0.15, 0.2) is 0 Å². The van der Waals surface area contributed by atoms with E-state index in [-0.39, 0.29) is 24.3 Å². The number of ether oxygens (including phenoxy) is 6. The van der Waals surface area contributed by atoms with E-state index >= 15 is 0 Å². The van der Waals surface area contributed by atoms with Gasteiger partial charge in [-0.25, -0.2) is 9.59 Å². The Morgan fingerprint density at radius 1 is 0.727 bits per heavy atom. The zero-order valence-corrected chi connectivity index (χ0v) is 29.7. The van der Waals surface area contributed by atoms with Gasteiger partial charge in [0.25, 0.3) is 0 Å². The second-order valence-electron chi connectivity index (χ2n) is 15.2. The molecule has 2 saturated heterocycles. The summed E-state index contributed by atoms with van der Waals surface area (Å²) in [5, 5.41) is 0. The van der Waals surface area contributed by atoms with Gasteiger partial charge in [0.2, 0.25) is 0 Å². The van der Waals surface area contributed by atoms with Crippen molar-refractivity contribution in [3.63, 3.8) is 0 Å². The maximum Gasteiger partial charge on any atom is 0.413 e. The first-order valence-electron chi connectivity index (χ1n) is 16.3. The lowest BCUT2D eigenvalue weighted by molar-refractivity contribution is -0.0633. The molecule has 2 saturated carbocycles. The minimum atomic E-state index is -0.610. The molecule has 0 aromatic heterocycles. The quantitative estimate of drug-likeness (QED) is 0.207. The van der Waals surface area contributed by atoms with Crippen LogP contribution in [0.4, 0.5) is 9.59 Å². The molecule has 44 heavy (non-hydrogen) atoms. The smallest absolute Gasteiger partial charge is 0.413 e. The van der Waals surface area contributed by atoms with E-state index in [4.69, 9.17) is 18.9 Å². The molecular weight excluding hydrogens is 564 g/mol. The van der Waals surface area contributed by atoms with Gasteiger partial charge in [-0.1, -0.05) is 25.0 Å². The van der Waals surface area contributed by atoms with Gasteiger partial charge < -0.3 is 28.4 Å². The van der Waals surface area contributed by atoms with E-state index in [0.717, 1.165) is 12.3 Å². The van der Waals surface area contributed by atoms with Crippen LogP contribution in [-0.4, -0.2) is 97.4 Å². The third-order valence-electron chi connectivity index (χ3n) is 7.60. The van der Waals surface area contributed by atoms with Gasteiger partial charge in [-0.15, -0.1) is 0 Å². The van der Waals surface area contributed by atoms with Crippen molar-refractivity contribution in [1.29, 1.82) is 0 Å². The molecule has 0 spiro atoms. The van der Waals surface area contributed by atoms with E-state index in [9.17, 15) is 9.59 Å². The number of allylic oxidation sites excluding steroid dienone is 1. The summed E-state index contributed by atoms with van der Waals surface area (Å²) >= 11 is 0. The van der Waals surface area contributed by atoms with Gasteiger partial charge in [-0.05, 0) is 107 Å². The van der Waals surface area contributed by atoms with Crippen LogP contribution in [0.15, 0.2) is 12.2 Å². The first kappa shape index (κ1) is 38.3. The molecule has 0 N–H and O–H groups in total. The maximum atomic E-state index is 12.4. The van der Waals surface area contributed by atoms with Crippen molar-refractivity contribution in [2.24, 2.45) is 11.8 Å². The Hall–Kier alpha value is -1.88. The molecule has 0 bridgehead atoms. The lowest BCUT2D eigenvalue weighted by atomic mass is 10.1. The number of hydrogen-bond donors (Lipinski definition) is 0. The van der Waals surface area contributed by atoms with Crippen molar-refractivity contribution in [1.82, 2.24) is 9.80 Å². The largest absolute Gasteiger partial charge is 0.444 e. The molecule has 4 rings (SSSR count). The molecule has 10 heteroatoms. The lowest BCUT2D eigenvalue weighted by Gasteiger charge is -2.35. The minimum Gasteiger partial charge on any atom is -0.444 e. The first-order chi connectivity index (χ1) is 20.3. The third-order valence-corrected chi connectivity index (χ3v) is 7.60. The maximum absolute atomic E-state index is 12.4. The number of carbonyl (C=O) groups is 2. The van der Waals surface area contributed by atoms with Gasteiger partial charge in [0, 0.05) is 14.2 Å². The predicted octanol–water partition coefficient (Wildman–Crippen LogP) is 7.15. The standard InChI is InChI=1S/C15H27NO3.C15H25NO3.C4H10O2/c2*1-14(2,3)19-13(17)16-12(9-8-11-6-7-11)10-18-15(16,4)5;1-5-3-4-6-2/h11-12H,6-10H2,1-5H3;8-9,11-12H,6-7,10H2,1-5H3;3-4H2,1-2H3/b;9-8+;/t2*12-;/m00./s1. The fourth-order valence-corrected chi connectivity index (χ4v) is 4.99. The Morgan fingerprint density at radius 3 is 1.66 bits per heavy atom. The van der Waals surface area contributed by atoms with Crippen LogP contribution in [0.3, 0.4) is 0 Å². The van der Waals surface area contributed by atoms with Crippen molar-refractivity contribution < 1.29 is 38.0 Å². The van der Waals surface area contributed by atoms with Crippen LogP contribution in [0.2, 0.25) is 0 Å². The summed E-state index contributed by atoms with van der Waals surface area (Å²) in [6.45, 7) is 21.6. The highest BCUT2D eigenvalue weighted by molar-refractivity contribution is 5.70. The van der Waals surface area contributed by atoms with Gasteiger partial charge in [0.05, 0.1) is 38.5 Å². The van der Waals surface area contributed by atoms with E-state index in [2.05, 4.69) is 21.6 Å². The van der Waals surface area contributed by atoms with Crippen LogP contribution in [0.1, 0.15) is 108 Å². The predicted molar refractivity (Wildman–Crippen MR) is 171 cm³/mol. The topological polar surface area (TPSA) is 96.0 Å². The van der Waals surface area contributed by atoms with E-state index in [0.29, 0.717) is 32.3 Å². The Balaban J connectivity index is 0.000000260. The Morgan fingerprint density at radius 2 is 1.20 bits per heavy atom. The van der Waals surface area contributed by atoms with Crippen LogP contribution in [0, 0.1) is 11.8 Å². The number of rotatable bonds is 8. The number of nitrogens with zero attached hydrogens (tertiary/aromatic N) is 2. The second-order valence-corrected chi connectivity index (χ2v) is 15.2. The second kappa shape index (κ2) is 16.1. The highest BCUT2D eigenvalue weighted by atomic mass is 16.6. The molecule has 0 radical (unpaired) electrons. The molecule has 4 aliphatic rings. The number of hydrogen-bond acceptors (Lipinski definition) is 8. The molecule has 10 nitrogen and oxygen atoms in total. The fourth-order valence-electron chi connectivity index (χ4n) is 4.99. The van der Waals surface area contributed by atoms with Gasteiger partial charge >= 0.3 is 12.2 Å². The molecular formula is C34H62N2O8. The number of methoxy groups -OCH3 is 2. The SMILES string of the molecule is CC(C)(C)OC(=O)N1[C@@H](/C=C/C2CC2)COC1(C)C.CC(C)(C)OC(=O)N1[C@@H](CCC2CC2)COC1(C)C.COCCOC. The van der Waals surface area contributed by atoms with Crippen LogP contribution in [0.25, 0.3) is 0 Å². The van der Waals surface area contributed by atoms with E-state index in [1.165, 1.54) is 32.1 Å². The summed E-state index contributed by atoms with van der Waals surface area (Å²) < 4.78 is 31.8. The normalized spacial score (nSPS) is 24.4. The molecule has 0 aromatic rings. The van der Waals surface area contributed by atoms with Gasteiger partial charge in [-0.2, -0.15) is 0 Å². The van der Waals surface area contributed by atoms with Crippen LogP contribution < -0.4 is 0 Å². The van der Waals surface area contributed by atoms with Crippen LogP contribution >= 0.6 is 0 Å².